The maximum absolute atomic E-state index is 12.8. The highest BCUT2D eigenvalue weighted by Gasteiger charge is 2.49. The standard InChI is InChI=1S/3C22H31NO3.2ClH/c3*1-3-23(4-2)17-11-12-18-26-21(24)22(25,19-13-7-5-8-14-19)20-15-9-6-10-16-20;;/h3*5,7-8,13-14,20,25H,3-4,6,9-10,15-18H2,1-2H3;2*1H. The molecule has 12 nitrogen and oxygen atoms in total. The Balaban J connectivity index is 0.000000405. The molecular formula is C66H95Cl2N3O9. The fourth-order valence-electron chi connectivity index (χ4n) is 10.8. The zero-order valence-corrected chi connectivity index (χ0v) is 50.6. The summed E-state index contributed by atoms with van der Waals surface area (Å²) in [6, 6.07) is 27.6. The number of ether oxygens (including phenoxy) is 3. The molecule has 3 aliphatic carbocycles. The largest absolute Gasteiger partial charge is 0.450 e. The number of esters is 3. The van der Waals surface area contributed by atoms with Gasteiger partial charge in [-0.05, 0) is 94.5 Å². The first-order valence-corrected chi connectivity index (χ1v) is 29.3. The quantitative estimate of drug-likeness (QED) is 0.0529. The van der Waals surface area contributed by atoms with Crippen LogP contribution in [-0.4, -0.2) is 127 Å². The smallest absolute Gasteiger partial charge is 0.344 e. The Morgan fingerprint density at radius 3 is 0.800 bits per heavy atom. The summed E-state index contributed by atoms with van der Waals surface area (Å²) in [5.41, 5.74) is -2.89. The van der Waals surface area contributed by atoms with Gasteiger partial charge in [0.25, 0.3) is 0 Å². The van der Waals surface area contributed by atoms with E-state index in [4.69, 9.17) is 14.2 Å². The normalized spacial score (nSPS) is 16.8. The van der Waals surface area contributed by atoms with Crippen molar-refractivity contribution in [2.24, 2.45) is 17.8 Å². The van der Waals surface area contributed by atoms with E-state index in [0.717, 1.165) is 136 Å². The Bertz CT molecular complexity index is 2110. The van der Waals surface area contributed by atoms with Gasteiger partial charge in [-0.25, -0.2) is 14.4 Å². The monoisotopic (exact) mass is 1140 g/mol. The molecule has 0 amide bonds. The van der Waals surface area contributed by atoms with Gasteiger partial charge in [-0.15, -0.1) is 24.8 Å². The Hall–Kier alpha value is -4.91. The number of aliphatic hydroxyl groups is 3. The molecule has 14 heteroatoms. The van der Waals surface area contributed by atoms with Gasteiger partial charge in [-0.3, -0.25) is 14.7 Å². The van der Waals surface area contributed by atoms with Crippen molar-refractivity contribution in [1.29, 1.82) is 0 Å². The lowest BCUT2D eigenvalue weighted by Crippen LogP contribution is -2.45. The Labute approximate surface area is 493 Å². The molecule has 3 aromatic rings. The first-order chi connectivity index (χ1) is 37.9. The van der Waals surface area contributed by atoms with E-state index in [1.54, 1.807) is 0 Å². The lowest BCUT2D eigenvalue weighted by Gasteiger charge is -2.36. The summed E-state index contributed by atoms with van der Waals surface area (Å²) >= 11 is 0. The highest BCUT2D eigenvalue weighted by Crippen LogP contribution is 2.43. The van der Waals surface area contributed by atoms with Gasteiger partial charge in [0.1, 0.15) is 0 Å². The molecule has 442 valence electrons. The van der Waals surface area contributed by atoms with Crippen molar-refractivity contribution < 1.29 is 43.9 Å². The first kappa shape index (κ1) is 71.2. The van der Waals surface area contributed by atoms with Crippen molar-refractivity contribution in [2.45, 2.75) is 155 Å². The number of rotatable bonds is 21. The molecule has 0 saturated heterocycles. The number of carbonyl (C=O) groups is 3. The Kier molecular flexibility index (Phi) is 35.2. The van der Waals surface area contributed by atoms with Gasteiger partial charge in [0.2, 0.25) is 0 Å². The molecule has 0 bridgehead atoms. The SMILES string of the molecule is CCN(CC)CC#CCOC(=O)C(O)(c1ccccc1)C1CCCCC1.CCN(CC)CC#CCOC(=O)C(O)(c1ccccc1)C1CCCCC1.CCN(CC)CC#CCOC(=O)C(O)(c1ccccc1)C1CCCCC1.Cl.Cl. The van der Waals surface area contributed by atoms with Crippen molar-refractivity contribution >= 4 is 42.7 Å². The first-order valence-electron chi connectivity index (χ1n) is 29.3. The van der Waals surface area contributed by atoms with Gasteiger partial charge < -0.3 is 29.5 Å². The van der Waals surface area contributed by atoms with E-state index in [2.05, 4.69) is 91.8 Å². The van der Waals surface area contributed by atoms with E-state index in [1.807, 2.05) is 91.0 Å². The van der Waals surface area contributed by atoms with Crippen LogP contribution in [0.1, 0.15) is 155 Å². The highest BCUT2D eigenvalue weighted by atomic mass is 35.5. The van der Waals surface area contributed by atoms with Gasteiger partial charge in [0.05, 0.1) is 19.6 Å². The van der Waals surface area contributed by atoms with Crippen molar-refractivity contribution in [3.05, 3.63) is 108 Å². The minimum atomic E-state index is -1.58. The maximum atomic E-state index is 12.8. The van der Waals surface area contributed by atoms with Crippen LogP contribution >= 0.6 is 24.8 Å². The van der Waals surface area contributed by atoms with Crippen LogP contribution in [0.5, 0.6) is 0 Å². The van der Waals surface area contributed by atoms with Gasteiger partial charge in [-0.2, -0.15) is 0 Å². The topological polar surface area (TPSA) is 149 Å². The summed E-state index contributed by atoms with van der Waals surface area (Å²) in [6.07, 6.45) is 14.8. The summed E-state index contributed by atoms with van der Waals surface area (Å²) in [5, 5.41) is 34.1. The molecule has 3 fully saturated rings. The molecule has 3 unspecified atom stereocenters. The molecule has 3 saturated carbocycles. The second-order valence-electron chi connectivity index (χ2n) is 20.6. The van der Waals surface area contributed by atoms with E-state index in [-0.39, 0.29) is 62.4 Å². The molecule has 0 heterocycles. The minimum Gasteiger partial charge on any atom is -0.450 e. The summed E-state index contributed by atoms with van der Waals surface area (Å²) in [7, 11) is 0. The van der Waals surface area contributed by atoms with E-state index >= 15 is 0 Å². The van der Waals surface area contributed by atoms with Crippen LogP contribution in [0.25, 0.3) is 0 Å². The number of hydrogen-bond donors (Lipinski definition) is 3. The fourth-order valence-corrected chi connectivity index (χ4v) is 10.8. The number of benzene rings is 3. The number of carbonyl (C=O) groups excluding carboxylic acids is 3. The van der Waals surface area contributed by atoms with Crippen molar-refractivity contribution in [3.8, 4) is 35.5 Å². The summed E-state index contributed by atoms with van der Waals surface area (Å²) in [6.45, 7) is 20.3. The van der Waals surface area contributed by atoms with Gasteiger partial charge in [0, 0.05) is 17.8 Å². The Morgan fingerprint density at radius 2 is 0.600 bits per heavy atom. The maximum Gasteiger partial charge on any atom is 0.344 e. The fraction of sp³-hybridized carbons (Fsp3) is 0.591. The molecule has 80 heavy (non-hydrogen) atoms. The third-order valence-electron chi connectivity index (χ3n) is 16.0. The molecule has 0 aliphatic heterocycles. The van der Waals surface area contributed by atoms with Crippen LogP contribution < -0.4 is 0 Å². The average Bonchev–Trinajstić information content (AvgIpc) is 3.52. The van der Waals surface area contributed by atoms with Crippen molar-refractivity contribution in [2.75, 3.05) is 78.7 Å². The van der Waals surface area contributed by atoms with Crippen LogP contribution in [0.4, 0.5) is 0 Å². The molecule has 0 aromatic heterocycles. The molecule has 3 atom stereocenters. The lowest BCUT2D eigenvalue weighted by atomic mass is 9.73. The molecule has 3 aliphatic rings. The molecule has 0 radical (unpaired) electrons. The van der Waals surface area contributed by atoms with Gasteiger partial charge in [0.15, 0.2) is 36.6 Å². The summed E-state index contributed by atoms with van der Waals surface area (Å²) in [5.74, 6) is 15.7. The second kappa shape index (κ2) is 39.5. The molecule has 3 N–H and O–H groups in total. The van der Waals surface area contributed by atoms with E-state index in [0.29, 0.717) is 36.3 Å². The Morgan fingerprint density at radius 1 is 0.388 bits per heavy atom. The van der Waals surface area contributed by atoms with Crippen LogP contribution in [0.2, 0.25) is 0 Å². The summed E-state index contributed by atoms with van der Waals surface area (Å²) in [4.78, 5) is 45.0. The zero-order valence-electron chi connectivity index (χ0n) is 48.9. The second-order valence-corrected chi connectivity index (χ2v) is 20.6. The number of nitrogens with zero attached hydrogens (tertiary/aromatic N) is 3. The zero-order chi connectivity index (χ0) is 56.5. The number of halogens is 2. The van der Waals surface area contributed by atoms with E-state index in [9.17, 15) is 29.7 Å². The third kappa shape index (κ3) is 21.4. The van der Waals surface area contributed by atoms with E-state index in [1.165, 1.54) is 0 Å². The van der Waals surface area contributed by atoms with Crippen LogP contribution in [0.3, 0.4) is 0 Å². The highest BCUT2D eigenvalue weighted by molar-refractivity contribution is 5.86. The van der Waals surface area contributed by atoms with Crippen LogP contribution in [0.15, 0.2) is 91.0 Å². The molecule has 0 spiro atoms. The number of hydrogen-bond acceptors (Lipinski definition) is 12. The van der Waals surface area contributed by atoms with Crippen molar-refractivity contribution in [3.63, 3.8) is 0 Å². The average molecular weight is 1150 g/mol. The van der Waals surface area contributed by atoms with E-state index < -0.39 is 34.7 Å². The minimum absolute atomic E-state index is 0. The van der Waals surface area contributed by atoms with Gasteiger partial charge >= 0.3 is 17.9 Å². The third-order valence-corrected chi connectivity index (χ3v) is 16.0. The molecule has 6 rings (SSSR count). The predicted octanol–water partition coefficient (Wildman–Crippen LogP) is 10.9. The predicted molar refractivity (Wildman–Crippen MR) is 325 cm³/mol. The molecular weight excluding hydrogens is 1050 g/mol. The molecule has 3 aromatic carbocycles. The summed E-state index contributed by atoms with van der Waals surface area (Å²) < 4.78 is 16.1. The lowest BCUT2D eigenvalue weighted by molar-refractivity contribution is -0.174. The van der Waals surface area contributed by atoms with Crippen LogP contribution in [0, 0.1) is 53.3 Å². The van der Waals surface area contributed by atoms with Crippen LogP contribution in [-0.2, 0) is 45.4 Å². The van der Waals surface area contributed by atoms with Crippen molar-refractivity contribution in [1.82, 2.24) is 14.7 Å². The van der Waals surface area contributed by atoms with Gasteiger partial charge in [-0.1, -0.05) is 226 Å².